The third kappa shape index (κ3) is 43.4. The Kier molecular flexibility index (Phi) is 25.0. The van der Waals surface area contributed by atoms with Crippen LogP contribution in [0.5, 0.6) is 0 Å². The van der Waals surface area contributed by atoms with Crippen molar-refractivity contribution in [2.75, 3.05) is 0 Å². The summed E-state index contributed by atoms with van der Waals surface area (Å²) < 4.78 is 1.51. The van der Waals surface area contributed by atoms with Gasteiger partial charge in [0.1, 0.15) is 0 Å². The predicted octanol–water partition coefficient (Wildman–Crippen LogP) is 0.177. The van der Waals surface area contributed by atoms with Crippen molar-refractivity contribution in [2.45, 2.75) is 65.6 Å². The van der Waals surface area contributed by atoms with Crippen molar-refractivity contribution in [3.8, 4) is 0 Å². The van der Waals surface area contributed by atoms with Crippen molar-refractivity contribution in [3.05, 3.63) is 48.2 Å². The second-order valence-corrected chi connectivity index (χ2v) is 20.9. The fourth-order valence-electron chi connectivity index (χ4n) is 1.07. The van der Waals surface area contributed by atoms with E-state index in [4.69, 9.17) is 0 Å². The zero-order chi connectivity index (χ0) is 17.6. The molecule has 0 saturated heterocycles. The van der Waals surface area contributed by atoms with Crippen molar-refractivity contribution in [1.29, 1.82) is 0 Å². The molecule has 0 N–H and O–H groups in total. The summed E-state index contributed by atoms with van der Waals surface area (Å²) in [5, 5.41) is 0. The van der Waals surface area contributed by atoms with E-state index in [9.17, 15) is 0 Å². The maximum Gasteiger partial charge on any atom is 0.0465 e. The monoisotopic (exact) mass is 478 g/mol. The van der Waals surface area contributed by atoms with Crippen LogP contribution in [0.1, 0.15) is 20.3 Å². The van der Waals surface area contributed by atoms with Crippen LogP contribution in [-0.2, 0) is 24.2 Å². The third-order valence-corrected chi connectivity index (χ3v) is 4.69. The van der Waals surface area contributed by atoms with Crippen LogP contribution in [0.4, 0.5) is 0 Å². The maximum atomic E-state index is 3.26. The number of hydrogen-bond donors (Lipinski definition) is 0. The second-order valence-electron chi connectivity index (χ2n) is 7.84. The van der Waals surface area contributed by atoms with Gasteiger partial charge in [-0.05, 0) is 8.07 Å². The van der Waals surface area contributed by atoms with E-state index in [-0.39, 0.29) is 24.8 Å². The quantitative estimate of drug-likeness (QED) is 0.306. The number of hydrogen-bond acceptors (Lipinski definition) is 0. The first-order valence-corrected chi connectivity index (χ1v) is 16.4. The Labute approximate surface area is 181 Å². The van der Waals surface area contributed by atoms with E-state index in [2.05, 4.69) is 89.2 Å². The largest absolute Gasteiger partial charge is 1.00 e. The topological polar surface area (TPSA) is 0 Å². The smallest absolute Gasteiger partial charge is 0.0465 e. The predicted molar refractivity (Wildman–Crippen MR) is 106 cm³/mol. The summed E-state index contributed by atoms with van der Waals surface area (Å²) in [6.07, 6.45) is 17.6. The first-order chi connectivity index (χ1) is 9.94. The minimum atomic E-state index is -1.00. The minimum absolute atomic E-state index is 0. The Balaban J connectivity index is -0.000000150. The standard InChI is InChI=1S/C11H23Si2.C5H5.C3H6.2ClH.Zr/c1-12(2,3)10-8-7-9-11-13(4,5)6;1-2-4-5-3-1;1-3-2;;;/h8-10H,11H2,1-6H3;1-3H,4H2;1-2H3;2*1H;/q2*-1;;;;+2/p-2/b10-8+;;;;;. The maximum absolute atomic E-state index is 3.26. The Morgan fingerprint density at radius 2 is 1.62 bits per heavy atom. The molecule has 0 aromatic rings. The van der Waals surface area contributed by atoms with Crippen molar-refractivity contribution in [2.24, 2.45) is 0 Å². The molecule has 0 aromatic carbocycles. The van der Waals surface area contributed by atoms with Crippen molar-refractivity contribution >= 4 is 19.4 Å². The zero-order valence-electron chi connectivity index (χ0n) is 16.6. The van der Waals surface area contributed by atoms with Gasteiger partial charge < -0.3 is 24.8 Å². The molecule has 0 unspecified atom stereocenters. The molecule has 1 aliphatic carbocycles. The van der Waals surface area contributed by atoms with E-state index in [1.165, 1.54) is 9.25 Å². The van der Waals surface area contributed by atoms with Crippen LogP contribution >= 0.6 is 0 Å². The molecule has 0 atom stereocenters. The van der Waals surface area contributed by atoms with Gasteiger partial charge in [-0.2, -0.15) is 12.2 Å². The zero-order valence-corrected chi connectivity index (χ0v) is 22.6. The summed E-state index contributed by atoms with van der Waals surface area (Å²) in [4.78, 5) is 0. The Morgan fingerprint density at radius 3 is 1.88 bits per heavy atom. The van der Waals surface area contributed by atoms with Crippen LogP contribution in [0, 0.1) is 12.2 Å². The van der Waals surface area contributed by atoms with Gasteiger partial charge in [0.2, 0.25) is 0 Å². The summed E-state index contributed by atoms with van der Waals surface area (Å²) in [5.74, 6) is 0. The van der Waals surface area contributed by atoms with Crippen molar-refractivity contribution in [1.82, 2.24) is 0 Å². The van der Waals surface area contributed by atoms with Crippen LogP contribution in [0.2, 0.25) is 45.3 Å². The Morgan fingerprint density at radius 1 is 1.12 bits per heavy atom. The van der Waals surface area contributed by atoms with Crippen LogP contribution in [-0.4, -0.2) is 19.4 Å². The third-order valence-electron chi connectivity index (χ3n) is 2.10. The molecule has 0 bridgehead atoms. The van der Waals surface area contributed by atoms with E-state index in [1.807, 2.05) is 12.2 Å². The average molecular weight is 481 g/mol. The summed E-state index contributed by atoms with van der Waals surface area (Å²) in [6.45, 7) is 18.4. The molecular weight excluding hydrogens is 447 g/mol. The molecule has 0 radical (unpaired) electrons. The van der Waals surface area contributed by atoms with Crippen LogP contribution in [0.25, 0.3) is 0 Å². The van der Waals surface area contributed by atoms with E-state index in [0.29, 0.717) is 0 Å². The van der Waals surface area contributed by atoms with Crippen LogP contribution in [0.15, 0.2) is 36.1 Å². The van der Waals surface area contributed by atoms with Gasteiger partial charge in [-0.25, -0.2) is 23.9 Å². The molecule has 0 amide bonds. The molecule has 5 heteroatoms. The summed E-state index contributed by atoms with van der Waals surface area (Å²) in [7, 11) is -1.90. The first-order valence-electron chi connectivity index (χ1n) is 7.93. The van der Waals surface area contributed by atoms with E-state index < -0.39 is 16.1 Å². The molecule has 24 heavy (non-hydrogen) atoms. The van der Waals surface area contributed by atoms with Gasteiger partial charge in [0, 0.05) is 8.07 Å². The fraction of sp³-hybridized carbons (Fsp3) is 0.526. The van der Waals surface area contributed by atoms with Gasteiger partial charge in [0.15, 0.2) is 0 Å². The van der Waals surface area contributed by atoms with Gasteiger partial charge in [0.25, 0.3) is 0 Å². The number of halogens is 2. The summed E-state index contributed by atoms with van der Waals surface area (Å²) in [6, 6.07) is 1.24. The van der Waals surface area contributed by atoms with Gasteiger partial charge in [-0.1, -0.05) is 45.3 Å². The molecule has 1 rings (SSSR count). The fourth-order valence-corrected chi connectivity index (χ4v) is 2.40. The van der Waals surface area contributed by atoms with Crippen LogP contribution in [0.3, 0.4) is 0 Å². The Bertz CT molecular complexity index is 398. The summed E-state index contributed by atoms with van der Waals surface area (Å²) in [5.41, 5.74) is 2.33. The van der Waals surface area contributed by atoms with Gasteiger partial charge >= 0.3 is 41.3 Å². The number of rotatable bonds is 4. The first kappa shape index (κ1) is 32.4. The second kappa shape index (κ2) is 18.5. The molecule has 0 spiro atoms. The van der Waals surface area contributed by atoms with Crippen LogP contribution < -0.4 is 24.8 Å². The molecule has 0 heterocycles. The molecule has 0 fully saturated rings. The molecule has 0 nitrogen and oxygen atoms in total. The molecule has 1 aliphatic rings. The van der Waals surface area contributed by atoms with E-state index in [1.54, 1.807) is 24.2 Å². The average Bonchev–Trinajstić information content (AvgIpc) is 2.82. The van der Waals surface area contributed by atoms with E-state index >= 15 is 0 Å². The Hall–Kier alpha value is 0.727. The molecular formula is C19H34Cl2Si2Zr-2. The van der Waals surface area contributed by atoms with Crippen molar-refractivity contribution in [3.63, 3.8) is 0 Å². The molecule has 0 aromatic heterocycles. The molecule has 0 aliphatic heterocycles. The van der Waals surface area contributed by atoms with E-state index in [0.717, 1.165) is 6.42 Å². The van der Waals surface area contributed by atoms with Crippen molar-refractivity contribution < 1.29 is 49.0 Å². The SMILES string of the molecule is C[C](C)=[Zr+2].C[Si](C)(C)/C=C/[C-]=CC[Si](C)(C)C.[C-]1=CC=CC1.[Cl-].[Cl-]. The molecule has 138 valence electrons. The summed E-state index contributed by atoms with van der Waals surface area (Å²) >= 11 is 1.55. The van der Waals surface area contributed by atoms with Gasteiger partial charge in [-0.3, -0.25) is 12.2 Å². The van der Waals surface area contributed by atoms with Gasteiger partial charge in [-0.15, -0.1) is 6.42 Å². The molecule has 0 saturated carbocycles. The number of allylic oxidation sites excluding steroid dienone is 7. The minimum Gasteiger partial charge on any atom is -1.00 e. The van der Waals surface area contributed by atoms with Gasteiger partial charge in [0.05, 0.1) is 0 Å². The normalized spacial score (nSPS) is 12.8.